The Morgan fingerprint density at radius 1 is 1.04 bits per heavy atom. The van der Waals surface area contributed by atoms with Crippen LogP contribution < -0.4 is 9.47 Å². The number of hydrogen-bond acceptors (Lipinski definition) is 6. The highest BCUT2D eigenvalue weighted by Crippen LogP contribution is 2.31. The van der Waals surface area contributed by atoms with Gasteiger partial charge >= 0.3 is 5.97 Å². The van der Waals surface area contributed by atoms with E-state index in [0.29, 0.717) is 45.2 Å². The second-order valence-corrected chi connectivity index (χ2v) is 7.17. The number of benzene rings is 2. The minimum Gasteiger partial charge on any atom is -0.486 e. The number of Topliss-reactive ketones (excluding diaryl/α,β-unsaturated/α-hetero) is 1. The maximum absolute atomic E-state index is 12.2. The zero-order chi connectivity index (χ0) is 18.5. The largest absolute Gasteiger partial charge is 0.486 e. The Balaban J connectivity index is 1.51. The molecular formula is C18H14Cl2O5S. The van der Waals surface area contributed by atoms with Gasteiger partial charge in [-0.2, -0.15) is 0 Å². The third-order valence-electron chi connectivity index (χ3n) is 3.47. The van der Waals surface area contributed by atoms with Crippen LogP contribution in [0.15, 0.2) is 41.3 Å². The van der Waals surface area contributed by atoms with Gasteiger partial charge in [0.05, 0.1) is 10.8 Å². The van der Waals surface area contributed by atoms with E-state index in [1.54, 1.807) is 36.4 Å². The first-order chi connectivity index (χ1) is 12.5. The molecular weight excluding hydrogens is 399 g/mol. The summed E-state index contributed by atoms with van der Waals surface area (Å²) in [6, 6.07) is 9.86. The van der Waals surface area contributed by atoms with Crippen LogP contribution in [0.3, 0.4) is 0 Å². The number of hydrogen-bond donors (Lipinski definition) is 0. The summed E-state index contributed by atoms with van der Waals surface area (Å²) < 4.78 is 15.9. The van der Waals surface area contributed by atoms with E-state index in [4.69, 9.17) is 37.4 Å². The van der Waals surface area contributed by atoms with E-state index in [9.17, 15) is 9.59 Å². The fourth-order valence-electron chi connectivity index (χ4n) is 2.21. The van der Waals surface area contributed by atoms with Crippen LogP contribution in [0.5, 0.6) is 11.5 Å². The average molecular weight is 413 g/mol. The molecule has 0 unspecified atom stereocenters. The zero-order valence-corrected chi connectivity index (χ0v) is 15.8. The first-order valence-corrected chi connectivity index (χ1v) is 9.43. The van der Waals surface area contributed by atoms with Crippen LogP contribution >= 0.6 is 35.0 Å². The maximum Gasteiger partial charge on any atom is 0.316 e. The Morgan fingerprint density at radius 3 is 2.62 bits per heavy atom. The molecule has 2 aromatic carbocycles. The van der Waals surface area contributed by atoms with E-state index in [-0.39, 0.29) is 18.1 Å². The highest BCUT2D eigenvalue weighted by atomic mass is 35.5. The predicted octanol–water partition coefficient (Wildman–Crippen LogP) is 4.28. The number of rotatable bonds is 6. The molecule has 0 fully saturated rings. The molecule has 1 heterocycles. The fraction of sp³-hybridized carbons (Fsp3) is 0.222. The maximum atomic E-state index is 12.2. The molecule has 0 saturated carbocycles. The lowest BCUT2D eigenvalue weighted by atomic mass is 10.1. The molecule has 0 saturated heterocycles. The van der Waals surface area contributed by atoms with Crippen molar-refractivity contribution in [2.45, 2.75) is 4.90 Å². The molecule has 0 N–H and O–H groups in total. The number of carbonyl (C=O) groups excluding carboxylic acids is 2. The molecule has 0 bridgehead atoms. The van der Waals surface area contributed by atoms with E-state index in [1.165, 1.54) is 11.8 Å². The minimum absolute atomic E-state index is 0.0223. The summed E-state index contributed by atoms with van der Waals surface area (Å²) in [5.74, 6) is 0.298. The highest BCUT2D eigenvalue weighted by molar-refractivity contribution is 8.00. The molecule has 5 nitrogen and oxygen atoms in total. The van der Waals surface area contributed by atoms with Crippen molar-refractivity contribution in [3.8, 4) is 11.5 Å². The first-order valence-electron chi connectivity index (χ1n) is 7.69. The molecule has 3 rings (SSSR count). The Kier molecular flexibility index (Phi) is 6.29. The molecule has 0 aliphatic carbocycles. The summed E-state index contributed by atoms with van der Waals surface area (Å²) in [7, 11) is 0. The van der Waals surface area contributed by atoms with Crippen molar-refractivity contribution in [1.82, 2.24) is 0 Å². The highest BCUT2D eigenvalue weighted by Gasteiger charge is 2.16. The van der Waals surface area contributed by atoms with Gasteiger partial charge in [0.25, 0.3) is 0 Å². The van der Waals surface area contributed by atoms with Crippen molar-refractivity contribution in [3.63, 3.8) is 0 Å². The normalized spacial score (nSPS) is 12.5. The van der Waals surface area contributed by atoms with Gasteiger partial charge in [-0.05, 0) is 36.4 Å². The number of thioether (sulfide) groups is 1. The van der Waals surface area contributed by atoms with Crippen molar-refractivity contribution < 1.29 is 23.8 Å². The van der Waals surface area contributed by atoms with Gasteiger partial charge in [-0.15, -0.1) is 11.8 Å². The number of ether oxygens (including phenoxy) is 3. The number of ketones is 1. The molecule has 1 aliphatic rings. The lowest BCUT2D eigenvalue weighted by molar-refractivity contribution is -0.139. The van der Waals surface area contributed by atoms with Crippen molar-refractivity contribution in [1.29, 1.82) is 0 Å². The van der Waals surface area contributed by atoms with Crippen LogP contribution in [0.1, 0.15) is 10.4 Å². The van der Waals surface area contributed by atoms with E-state index in [1.807, 2.05) is 0 Å². The fourth-order valence-corrected chi connectivity index (χ4v) is 3.50. The van der Waals surface area contributed by atoms with Crippen molar-refractivity contribution in [2.75, 3.05) is 25.6 Å². The van der Waals surface area contributed by atoms with Crippen LogP contribution in [-0.2, 0) is 9.53 Å². The first kappa shape index (κ1) is 18.9. The smallest absolute Gasteiger partial charge is 0.316 e. The van der Waals surface area contributed by atoms with E-state index in [0.717, 1.165) is 0 Å². The molecule has 0 spiro atoms. The number of halogens is 2. The summed E-state index contributed by atoms with van der Waals surface area (Å²) >= 11 is 13.1. The molecule has 1 aliphatic heterocycles. The summed E-state index contributed by atoms with van der Waals surface area (Å²) in [5.41, 5.74) is 0.396. The third-order valence-corrected chi connectivity index (χ3v) is 5.17. The van der Waals surface area contributed by atoms with Crippen LogP contribution in [0.4, 0.5) is 0 Å². The number of carbonyl (C=O) groups is 2. The van der Waals surface area contributed by atoms with Crippen molar-refractivity contribution in [3.05, 3.63) is 52.0 Å². The monoisotopic (exact) mass is 412 g/mol. The Bertz CT molecular complexity index is 840. The topological polar surface area (TPSA) is 61.8 Å². The summed E-state index contributed by atoms with van der Waals surface area (Å²) in [5, 5.41) is 1.03. The molecule has 8 heteroatoms. The van der Waals surface area contributed by atoms with Gasteiger partial charge < -0.3 is 14.2 Å². The lowest BCUT2D eigenvalue weighted by Crippen LogP contribution is -2.18. The van der Waals surface area contributed by atoms with E-state index < -0.39 is 5.97 Å². The van der Waals surface area contributed by atoms with Gasteiger partial charge in [0.15, 0.2) is 23.9 Å². The molecule has 2 aromatic rings. The minimum atomic E-state index is -0.517. The molecule has 0 radical (unpaired) electrons. The van der Waals surface area contributed by atoms with Gasteiger partial charge in [-0.3, -0.25) is 9.59 Å². The standard InChI is InChI=1S/C18H14Cl2O5S/c19-12-2-3-13(20)17(8-12)26-10-18(22)25-9-14(21)11-1-4-15-16(7-11)24-6-5-23-15/h1-4,7-8H,5-6,9-10H2. The van der Waals surface area contributed by atoms with E-state index in [2.05, 4.69) is 0 Å². The average Bonchev–Trinajstić information content (AvgIpc) is 2.66. The number of esters is 1. The van der Waals surface area contributed by atoms with E-state index >= 15 is 0 Å². The quantitative estimate of drug-likeness (QED) is 0.400. The molecule has 26 heavy (non-hydrogen) atoms. The zero-order valence-electron chi connectivity index (χ0n) is 13.5. The second kappa shape index (κ2) is 8.66. The molecule has 136 valence electrons. The van der Waals surface area contributed by atoms with Crippen LogP contribution in [0, 0.1) is 0 Å². The molecule has 0 amide bonds. The van der Waals surface area contributed by atoms with Crippen molar-refractivity contribution >= 4 is 46.7 Å². The Labute approximate surface area is 164 Å². The van der Waals surface area contributed by atoms with Gasteiger partial charge in [0.1, 0.15) is 13.2 Å². The van der Waals surface area contributed by atoms with Gasteiger partial charge in [0, 0.05) is 15.5 Å². The third kappa shape index (κ3) is 4.84. The predicted molar refractivity (Wildman–Crippen MR) is 99.9 cm³/mol. The Morgan fingerprint density at radius 2 is 1.81 bits per heavy atom. The summed E-state index contributed by atoms with van der Waals surface area (Å²) in [6.45, 7) is 0.567. The molecule has 0 atom stereocenters. The molecule has 0 aromatic heterocycles. The van der Waals surface area contributed by atoms with Gasteiger partial charge in [0.2, 0.25) is 0 Å². The second-order valence-electron chi connectivity index (χ2n) is 5.31. The van der Waals surface area contributed by atoms with Crippen molar-refractivity contribution in [2.24, 2.45) is 0 Å². The SMILES string of the molecule is O=C(CSc1cc(Cl)ccc1Cl)OCC(=O)c1ccc2c(c1)OCCO2. The van der Waals surface area contributed by atoms with Gasteiger partial charge in [-0.1, -0.05) is 23.2 Å². The lowest BCUT2D eigenvalue weighted by Gasteiger charge is -2.18. The Hall–Kier alpha value is -1.89. The summed E-state index contributed by atoms with van der Waals surface area (Å²) in [4.78, 5) is 24.7. The van der Waals surface area contributed by atoms with Crippen LogP contribution in [0.25, 0.3) is 0 Å². The van der Waals surface area contributed by atoms with Crippen LogP contribution in [-0.4, -0.2) is 37.3 Å². The summed E-state index contributed by atoms with van der Waals surface area (Å²) in [6.07, 6.45) is 0. The van der Waals surface area contributed by atoms with Gasteiger partial charge in [-0.25, -0.2) is 0 Å². The number of fused-ring (bicyclic) bond motifs is 1. The van der Waals surface area contributed by atoms with Crippen LogP contribution in [0.2, 0.25) is 10.0 Å².